The Hall–Kier alpha value is -0.870. The van der Waals surface area contributed by atoms with E-state index in [1.165, 1.54) is 0 Å². The lowest BCUT2D eigenvalue weighted by Crippen LogP contribution is -2.11. The maximum atomic E-state index is 9.59. The number of hydrogen-bond acceptors (Lipinski definition) is 4. The normalized spacial score (nSPS) is 21.1. The summed E-state index contributed by atoms with van der Waals surface area (Å²) in [5, 5.41) is 13.3. The average molecular weight is 211 g/mol. The van der Waals surface area contributed by atoms with Gasteiger partial charge < -0.3 is 15.2 Å². The Morgan fingerprint density at radius 3 is 3.00 bits per heavy atom. The Morgan fingerprint density at radius 1 is 1.57 bits per heavy atom. The highest BCUT2D eigenvalue weighted by atomic mass is 32.2. The molecule has 0 aliphatic carbocycles. The van der Waals surface area contributed by atoms with Crippen LogP contribution in [0.15, 0.2) is 18.2 Å². The van der Waals surface area contributed by atoms with Gasteiger partial charge in [-0.3, -0.25) is 0 Å². The van der Waals surface area contributed by atoms with Gasteiger partial charge in [0, 0.05) is 12.3 Å². The highest BCUT2D eigenvalue weighted by Crippen LogP contribution is 2.34. The number of methoxy groups -OCH3 is 1. The van der Waals surface area contributed by atoms with Crippen LogP contribution in [0, 0.1) is 0 Å². The van der Waals surface area contributed by atoms with Crippen LogP contribution in [0.3, 0.4) is 0 Å². The number of nitrogens with one attached hydrogen (secondary N) is 1. The van der Waals surface area contributed by atoms with E-state index in [9.17, 15) is 5.11 Å². The molecule has 0 saturated carbocycles. The molecule has 1 saturated heterocycles. The van der Waals surface area contributed by atoms with Gasteiger partial charge in [0.2, 0.25) is 0 Å². The van der Waals surface area contributed by atoms with E-state index in [1.54, 1.807) is 19.2 Å². The van der Waals surface area contributed by atoms with Crippen LogP contribution in [0.5, 0.6) is 11.5 Å². The van der Waals surface area contributed by atoms with Crippen LogP contribution >= 0.6 is 11.8 Å². The molecule has 1 heterocycles. The second-order valence-corrected chi connectivity index (χ2v) is 4.35. The fourth-order valence-corrected chi connectivity index (χ4v) is 2.56. The number of rotatable bonds is 2. The largest absolute Gasteiger partial charge is 0.504 e. The zero-order valence-corrected chi connectivity index (χ0v) is 8.80. The molecule has 2 rings (SSSR count). The first-order chi connectivity index (χ1) is 6.81. The number of phenolic OH excluding ortho intramolecular Hbond substituents is 1. The third kappa shape index (κ3) is 1.81. The number of hydrogen-bond donors (Lipinski definition) is 2. The van der Waals surface area contributed by atoms with Crippen molar-refractivity contribution in [3.63, 3.8) is 0 Å². The van der Waals surface area contributed by atoms with Crippen molar-refractivity contribution >= 4 is 11.8 Å². The van der Waals surface area contributed by atoms with E-state index in [-0.39, 0.29) is 5.75 Å². The maximum absolute atomic E-state index is 9.59. The van der Waals surface area contributed by atoms with E-state index in [2.05, 4.69) is 5.32 Å². The first-order valence-electron chi connectivity index (χ1n) is 4.53. The molecule has 2 N–H and O–H groups in total. The first kappa shape index (κ1) is 9.68. The van der Waals surface area contributed by atoms with Crippen LogP contribution in [-0.2, 0) is 0 Å². The van der Waals surface area contributed by atoms with E-state index in [1.807, 2.05) is 17.8 Å². The predicted octanol–water partition coefficient (Wildman–Crippen LogP) is 1.74. The summed E-state index contributed by atoms with van der Waals surface area (Å²) < 4.78 is 4.99. The maximum Gasteiger partial charge on any atom is 0.160 e. The summed E-state index contributed by atoms with van der Waals surface area (Å²) in [5.41, 5.74) is 1.10. The smallest absolute Gasteiger partial charge is 0.160 e. The summed E-state index contributed by atoms with van der Waals surface area (Å²) in [6.45, 7) is 1.03. The monoisotopic (exact) mass is 211 g/mol. The van der Waals surface area contributed by atoms with Crippen LogP contribution < -0.4 is 10.1 Å². The van der Waals surface area contributed by atoms with Gasteiger partial charge in [0.1, 0.15) is 0 Å². The summed E-state index contributed by atoms with van der Waals surface area (Å²) in [6.07, 6.45) is 0. The van der Waals surface area contributed by atoms with Gasteiger partial charge in [-0.2, -0.15) is 0 Å². The minimum absolute atomic E-state index is 0.208. The SMILES string of the molecule is COc1ccc([C@@H]2NCCS2)cc1O. The minimum Gasteiger partial charge on any atom is -0.504 e. The van der Waals surface area contributed by atoms with Crippen molar-refractivity contribution < 1.29 is 9.84 Å². The molecule has 0 bridgehead atoms. The molecule has 1 aromatic carbocycles. The van der Waals surface area contributed by atoms with E-state index >= 15 is 0 Å². The fraction of sp³-hybridized carbons (Fsp3) is 0.400. The van der Waals surface area contributed by atoms with Crippen LogP contribution in [0.1, 0.15) is 10.9 Å². The molecule has 0 radical (unpaired) electrons. The van der Waals surface area contributed by atoms with E-state index < -0.39 is 0 Å². The Labute approximate surface area is 87.5 Å². The van der Waals surface area contributed by atoms with E-state index in [0.29, 0.717) is 11.1 Å². The summed E-state index contributed by atoms with van der Waals surface area (Å²) in [5.74, 6) is 1.85. The fourth-order valence-electron chi connectivity index (χ4n) is 1.51. The predicted molar refractivity (Wildman–Crippen MR) is 57.9 cm³/mol. The van der Waals surface area contributed by atoms with Gasteiger partial charge in [0.05, 0.1) is 12.5 Å². The van der Waals surface area contributed by atoms with Crippen LogP contribution in [0.25, 0.3) is 0 Å². The molecule has 0 spiro atoms. The van der Waals surface area contributed by atoms with Gasteiger partial charge in [0.15, 0.2) is 11.5 Å². The van der Waals surface area contributed by atoms with Gasteiger partial charge in [-0.05, 0) is 17.7 Å². The summed E-state index contributed by atoms with van der Waals surface area (Å²) in [6, 6.07) is 5.54. The Morgan fingerprint density at radius 2 is 2.43 bits per heavy atom. The first-order valence-corrected chi connectivity index (χ1v) is 5.58. The van der Waals surface area contributed by atoms with Crippen molar-refractivity contribution in [1.82, 2.24) is 5.32 Å². The van der Waals surface area contributed by atoms with Crippen LogP contribution in [-0.4, -0.2) is 24.5 Å². The average Bonchev–Trinajstić information content (AvgIpc) is 2.70. The third-order valence-electron chi connectivity index (χ3n) is 2.22. The van der Waals surface area contributed by atoms with Gasteiger partial charge in [-0.15, -0.1) is 11.8 Å². The molecular weight excluding hydrogens is 198 g/mol. The second-order valence-electron chi connectivity index (χ2n) is 3.14. The zero-order chi connectivity index (χ0) is 9.97. The highest BCUT2D eigenvalue weighted by Gasteiger charge is 2.17. The number of benzene rings is 1. The summed E-state index contributed by atoms with van der Waals surface area (Å²) in [4.78, 5) is 0. The molecule has 1 aliphatic heterocycles. The van der Waals surface area contributed by atoms with Crippen molar-refractivity contribution in [3.8, 4) is 11.5 Å². The molecule has 3 nitrogen and oxygen atoms in total. The molecule has 76 valence electrons. The number of thioether (sulfide) groups is 1. The summed E-state index contributed by atoms with van der Waals surface area (Å²) in [7, 11) is 1.55. The highest BCUT2D eigenvalue weighted by molar-refractivity contribution is 7.99. The van der Waals surface area contributed by atoms with Gasteiger partial charge in [-0.1, -0.05) is 6.07 Å². The lowest BCUT2D eigenvalue weighted by atomic mass is 10.2. The molecule has 0 amide bonds. The number of phenols is 1. The summed E-state index contributed by atoms with van der Waals surface area (Å²) >= 11 is 1.85. The van der Waals surface area contributed by atoms with Crippen LogP contribution in [0.4, 0.5) is 0 Å². The van der Waals surface area contributed by atoms with Gasteiger partial charge in [0.25, 0.3) is 0 Å². The van der Waals surface area contributed by atoms with Crippen molar-refractivity contribution in [2.75, 3.05) is 19.4 Å². The minimum atomic E-state index is 0.208. The lowest BCUT2D eigenvalue weighted by Gasteiger charge is -2.11. The topological polar surface area (TPSA) is 41.5 Å². The van der Waals surface area contributed by atoms with Crippen molar-refractivity contribution in [2.45, 2.75) is 5.37 Å². The Kier molecular flexibility index (Phi) is 2.84. The van der Waals surface area contributed by atoms with Crippen molar-refractivity contribution in [2.24, 2.45) is 0 Å². The molecule has 14 heavy (non-hydrogen) atoms. The molecule has 4 heteroatoms. The molecule has 1 fully saturated rings. The van der Waals surface area contributed by atoms with E-state index in [4.69, 9.17) is 4.74 Å². The standard InChI is InChI=1S/C10H13NO2S/c1-13-9-3-2-7(6-8(9)12)10-11-4-5-14-10/h2-3,6,10-12H,4-5H2,1H3/t10-/m1/s1. The van der Waals surface area contributed by atoms with Crippen molar-refractivity contribution in [1.29, 1.82) is 0 Å². The second kappa shape index (κ2) is 4.11. The van der Waals surface area contributed by atoms with Gasteiger partial charge in [-0.25, -0.2) is 0 Å². The lowest BCUT2D eigenvalue weighted by molar-refractivity contribution is 0.373. The molecule has 1 aromatic rings. The molecular formula is C10H13NO2S. The zero-order valence-electron chi connectivity index (χ0n) is 7.99. The molecule has 0 aromatic heterocycles. The van der Waals surface area contributed by atoms with Crippen LogP contribution in [0.2, 0.25) is 0 Å². The number of ether oxygens (including phenoxy) is 1. The van der Waals surface area contributed by atoms with Crippen molar-refractivity contribution in [3.05, 3.63) is 23.8 Å². The molecule has 1 atom stereocenters. The number of aromatic hydroxyl groups is 1. The Bertz CT molecular complexity index is 324. The van der Waals surface area contributed by atoms with Gasteiger partial charge >= 0.3 is 0 Å². The Balaban J connectivity index is 2.23. The van der Waals surface area contributed by atoms with E-state index in [0.717, 1.165) is 17.9 Å². The quantitative estimate of drug-likeness (QED) is 0.782. The third-order valence-corrected chi connectivity index (χ3v) is 3.43. The molecule has 1 aliphatic rings. The molecule has 0 unspecified atom stereocenters.